The molecule has 2 aromatic rings. The Morgan fingerprint density at radius 2 is 1.89 bits per heavy atom. The highest BCUT2D eigenvalue weighted by atomic mass is 79.9. The number of halogens is 2. The van der Waals surface area contributed by atoms with Crippen molar-refractivity contribution in [3.63, 3.8) is 0 Å². The second-order valence-corrected chi connectivity index (χ2v) is 4.62. The average molecular weight is 366 g/mol. The summed E-state index contributed by atoms with van der Waals surface area (Å²) in [5.74, 6) is 0. The van der Waals surface area contributed by atoms with Gasteiger partial charge < -0.3 is 0 Å². The van der Waals surface area contributed by atoms with Crippen LogP contribution in [-0.4, -0.2) is 9.97 Å². The first-order valence-corrected chi connectivity index (χ1v) is 6.27. The Balaban J connectivity index is 0.000000180. The second kappa shape index (κ2) is 7.54. The molecule has 0 spiro atoms. The predicted molar refractivity (Wildman–Crippen MR) is 73.3 cm³/mol. The van der Waals surface area contributed by atoms with Crippen LogP contribution < -0.4 is 0 Å². The molecule has 0 radical (unpaired) electrons. The molecule has 0 saturated carbocycles. The number of hydrogen-bond acceptors (Lipinski definition) is 4. The quantitative estimate of drug-likeness (QED) is 0.670. The minimum atomic E-state index is 0.567. The van der Waals surface area contributed by atoms with E-state index >= 15 is 0 Å². The molecule has 0 atom stereocenters. The molecule has 2 aromatic heterocycles. The van der Waals surface area contributed by atoms with Crippen molar-refractivity contribution in [1.29, 1.82) is 10.5 Å². The number of pyridine rings is 2. The van der Waals surface area contributed by atoms with Crippen molar-refractivity contribution < 1.29 is 0 Å². The molecule has 0 aromatic carbocycles. The molecule has 0 amide bonds. The summed E-state index contributed by atoms with van der Waals surface area (Å²) in [6.45, 7) is 0. The van der Waals surface area contributed by atoms with Gasteiger partial charge in [-0.15, -0.1) is 0 Å². The van der Waals surface area contributed by atoms with Gasteiger partial charge in [0.1, 0.15) is 16.7 Å². The summed E-state index contributed by atoms with van der Waals surface area (Å²) >= 11 is 6.31. The van der Waals surface area contributed by atoms with Gasteiger partial charge in [0.25, 0.3) is 0 Å². The lowest BCUT2D eigenvalue weighted by molar-refractivity contribution is 1.25. The van der Waals surface area contributed by atoms with Gasteiger partial charge in [-0.3, -0.25) is 4.98 Å². The summed E-state index contributed by atoms with van der Waals surface area (Å²) in [4.78, 5) is 7.63. The molecule has 4 nitrogen and oxygen atoms in total. The molecular weight excluding hydrogens is 360 g/mol. The molecule has 88 valence electrons. The lowest BCUT2D eigenvalue weighted by atomic mass is 10.3. The minimum absolute atomic E-state index is 0.567. The lowest BCUT2D eigenvalue weighted by Crippen LogP contribution is -1.78. The van der Waals surface area contributed by atoms with Crippen molar-refractivity contribution in [2.45, 2.75) is 0 Å². The van der Waals surface area contributed by atoms with E-state index in [2.05, 4.69) is 41.8 Å². The van der Waals surface area contributed by atoms with Crippen molar-refractivity contribution in [3.8, 4) is 12.1 Å². The number of nitrogens with zero attached hydrogens (tertiary/aromatic N) is 4. The molecule has 18 heavy (non-hydrogen) atoms. The van der Waals surface area contributed by atoms with E-state index in [0.717, 1.165) is 4.47 Å². The number of aromatic nitrogens is 2. The SMILES string of the molecule is N#Cc1cccnc1Br.N#Cc1cncc(Br)c1. The molecule has 0 unspecified atom stereocenters. The van der Waals surface area contributed by atoms with Gasteiger partial charge in [0.05, 0.1) is 11.1 Å². The number of hydrogen-bond donors (Lipinski definition) is 0. The Morgan fingerprint density at radius 3 is 2.33 bits per heavy atom. The van der Waals surface area contributed by atoms with Gasteiger partial charge in [-0.2, -0.15) is 10.5 Å². The van der Waals surface area contributed by atoms with Crippen molar-refractivity contribution in [3.05, 3.63) is 57.0 Å². The largest absolute Gasteiger partial charge is 0.262 e. The van der Waals surface area contributed by atoms with Gasteiger partial charge in [-0.1, -0.05) is 0 Å². The van der Waals surface area contributed by atoms with Crippen molar-refractivity contribution in [2.24, 2.45) is 0 Å². The molecule has 0 aliphatic heterocycles. The third-order valence-electron chi connectivity index (χ3n) is 1.71. The van der Waals surface area contributed by atoms with Crippen LogP contribution in [-0.2, 0) is 0 Å². The first-order chi connectivity index (χ1) is 8.67. The fourth-order valence-electron chi connectivity index (χ4n) is 0.942. The van der Waals surface area contributed by atoms with Crippen LogP contribution in [0, 0.1) is 22.7 Å². The van der Waals surface area contributed by atoms with E-state index in [0.29, 0.717) is 15.7 Å². The van der Waals surface area contributed by atoms with Crippen LogP contribution in [0.25, 0.3) is 0 Å². The zero-order valence-electron chi connectivity index (χ0n) is 9.01. The second-order valence-electron chi connectivity index (χ2n) is 2.96. The van der Waals surface area contributed by atoms with Crippen LogP contribution in [0.4, 0.5) is 0 Å². The summed E-state index contributed by atoms with van der Waals surface area (Å²) in [6, 6.07) is 9.11. The monoisotopic (exact) mass is 364 g/mol. The molecule has 2 rings (SSSR count). The Morgan fingerprint density at radius 1 is 1.11 bits per heavy atom. The topological polar surface area (TPSA) is 73.4 Å². The van der Waals surface area contributed by atoms with E-state index in [4.69, 9.17) is 10.5 Å². The lowest BCUT2D eigenvalue weighted by Gasteiger charge is -1.87. The van der Waals surface area contributed by atoms with E-state index in [-0.39, 0.29) is 0 Å². The smallest absolute Gasteiger partial charge is 0.123 e. The molecule has 0 N–H and O–H groups in total. The van der Waals surface area contributed by atoms with Crippen LogP contribution in [0.5, 0.6) is 0 Å². The molecule has 6 heteroatoms. The van der Waals surface area contributed by atoms with Gasteiger partial charge >= 0.3 is 0 Å². The van der Waals surface area contributed by atoms with Crippen molar-refractivity contribution in [1.82, 2.24) is 9.97 Å². The van der Waals surface area contributed by atoms with E-state index < -0.39 is 0 Å². The van der Waals surface area contributed by atoms with Crippen LogP contribution >= 0.6 is 31.9 Å². The van der Waals surface area contributed by atoms with Crippen molar-refractivity contribution >= 4 is 31.9 Å². The number of rotatable bonds is 0. The Kier molecular flexibility index (Phi) is 5.99. The van der Waals surface area contributed by atoms with Gasteiger partial charge in [0.15, 0.2) is 0 Å². The number of nitriles is 2. The molecule has 2 heterocycles. The normalized spacial score (nSPS) is 8.44. The zero-order chi connectivity index (χ0) is 13.4. The van der Waals surface area contributed by atoms with Gasteiger partial charge in [0, 0.05) is 23.1 Å². The Labute approximate surface area is 121 Å². The van der Waals surface area contributed by atoms with Gasteiger partial charge in [-0.05, 0) is 50.1 Å². The highest BCUT2D eigenvalue weighted by Gasteiger charge is 1.93. The summed E-state index contributed by atoms with van der Waals surface area (Å²) in [5.41, 5.74) is 1.14. The summed E-state index contributed by atoms with van der Waals surface area (Å²) < 4.78 is 1.44. The average Bonchev–Trinajstić information content (AvgIpc) is 2.40. The standard InChI is InChI=1S/2C6H3BrN2/c7-6-1-5(2-8)3-9-4-6;7-6-5(4-8)2-1-3-9-6/h1,3-4H;1-3H. The van der Waals surface area contributed by atoms with E-state index in [1.54, 1.807) is 30.6 Å². The highest BCUT2D eigenvalue weighted by molar-refractivity contribution is 9.10. The van der Waals surface area contributed by atoms with E-state index in [9.17, 15) is 0 Å². The van der Waals surface area contributed by atoms with Crippen LogP contribution in [0.15, 0.2) is 45.9 Å². The van der Waals surface area contributed by atoms with Crippen LogP contribution in [0.1, 0.15) is 11.1 Å². The Hall–Kier alpha value is -1.76. The minimum Gasteiger partial charge on any atom is -0.262 e. The van der Waals surface area contributed by atoms with E-state index in [1.165, 1.54) is 6.20 Å². The highest BCUT2D eigenvalue weighted by Crippen LogP contribution is 2.09. The molecule has 0 aliphatic rings. The predicted octanol–water partition coefficient (Wildman–Crippen LogP) is 3.43. The first kappa shape index (κ1) is 14.3. The maximum atomic E-state index is 8.40. The fourth-order valence-corrected chi connectivity index (χ4v) is 1.65. The third kappa shape index (κ3) is 4.62. The van der Waals surface area contributed by atoms with Gasteiger partial charge in [0.2, 0.25) is 0 Å². The summed E-state index contributed by atoms with van der Waals surface area (Å²) in [7, 11) is 0. The fraction of sp³-hybridized carbons (Fsp3) is 0. The maximum absolute atomic E-state index is 8.40. The molecule has 0 aliphatic carbocycles. The summed E-state index contributed by atoms with van der Waals surface area (Å²) in [6.07, 6.45) is 4.79. The van der Waals surface area contributed by atoms with Crippen LogP contribution in [0.3, 0.4) is 0 Å². The van der Waals surface area contributed by atoms with E-state index in [1.807, 2.05) is 12.1 Å². The van der Waals surface area contributed by atoms with Crippen LogP contribution in [0.2, 0.25) is 0 Å². The Bertz CT molecular complexity index is 614. The third-order valence-corrected chi connectivity index (χ3v) is 2.78. The molecule has 0 bridgehead atoms. The maximum Gasteiger partial charge on any atom is 0.123 e. The summed E-state index contributed by atoms with van der Waals surface area (Å²) in [5, 5.41) is 16.7. The molecule has 0 saturated heterocycles. The zero-order valence-corrected chi connectivity index (χ0v) is 12.2. The van der Waals surface area contributed by atoms with Crippen molar-refractivity contribution in [2.75, 3.05) is 0 Å². The molecular formula is C12H6Br2N4. The van der Waals surface area contributed by atoms with Gasteiger partial charge in [-0.25, -0.2) is 4.98 Å². The molecule has 0 fully saturated rings. The first-order valence-electron chi connectivity index (χ1n) is 4.68.